The quantitative estimate of drug-likeness (QED) is 0.875. The van der Waals surface area contributed by atoms with Gasteiger partial charge in [0.25, 0.3) is 0 Å². The maximum absolute atomic E-state index is 10.9. The van der Waals surface area contributed by atoms with Crippen molar-refractivity contribution < 1.29 is 14.6 Å². The largest absolute Gasteiger partial charge is 0.478 e. The summed E-state index contributed by atoms with van der Waals surface area (Å²) in [6, 6.07) is 6.48. The number of carboxylic acids is 1. The number of rotatable bonds is 3. The van der Waals surface area contributed by atoms with Gasteiger partial charge in [-0.1, -0.05) is 12.1 Å². The van der Waals surface area contributed by atoms with Crippen LogP contribution in [-0.4, -0.2) is 21.0 Å². The minimum atomic E-state index is -1.05. The summed E-state index contributed by atoms with van der Waals surface area (Å²) in [5.74, 6) is -0.823. The van der Waals surface area contributed by atoms with Gasteiger partial charge in [-0.15, -0.1) is 0 Å². The van der Waals surface area contributed by atoms with Gasteiger partial charge in [0.2, 0.25) is 0 Å². The molecule has 2 rings (SSSR count). The Morgan fingerprint density at radius 3 is 2.53 bits per heavy atom. The minimum Gasteiger partial charge on any atom is -0.478 e. The number of carbonyl (C=O) groups is 1. The molecule has 0 spiro atoms. The van der Waals surface area contributed by atoms with Crippen LogP contribution in [0.5, 0.6) is 11.8 Å². The predicted octanol–water partition coefficient (Wildman–Crippen LogP) is 2.28. The fourth-order valence-electron chi connectivity index (χ4n) is 1.26. The van der Waals surface area contributed by atoms with Crippen LogP contribution in [0.1, 0.15) is 15.9 Å². The molecule has 0 saturated carbocycles. The topological polar surface area (TPSA) is 72.3 Å². The van der Waals surface area contributed by atoms with E-state index >= 15 is 0 Å². The van der Waals surface area contributed by atoms with Gasteiger partial charge in [0.15, 0.2) is 0 Å². The number of aromatic nitrogens is 2. The molecule has 2 aromatic rings. The Balaban J connectivity index is 2.30. The molecule has 1 heterocycles. The first-order valence-corrected chi connectivity index (χ1v) is 4.95. The average molecular weight is 230 g/mol. The molecule has 1 aromatic heterocycles. The zero-order valence-corrected chi connectivity index (χ0v) is 9.12. The van der Waals surface area contributed by atoms with Crippen LogP contribution in [0.3, 0.4) is 0 Å². The Hall–Kier alpha value is -2.43. The van der Waals surface area contributed by atoms with E-state index in [4.69, 9.17) is 9.84 Å². The normalized spacial score (nSPS) is 9.94. The number of para-hydroxylation sites is 1. The van der Waals surface area contributed by atoms with E-state index in [9.17, 15) is 4.79 Å². The molecule has 0 saturated heterocycles. The van der Waals surface area contributed by atoms with Crippen molar-refractivity contribution in [1.82, 2.24) is 9.97 Å². The minimum absolute atomic E-state index is 0.0803. The monoisotopic (exact) mass is 230 g/mol. The maximum Gasteiger partial charge on any atom is 0.339 e. The summed E-state index contributed by atoms with van der Waals surface area (Å²) in [6.07, 6.45) is 3.21. The number of hydrogen-bond acceptors (Lipinski definition) is 4. The summed E-state index contributed by atoms with van der Waals surface area (Å²) in [7, 11) is 0. The molecule has 0 aliphatic rings. The highest BCUT2D eigenvalue weighted by molar-refractivity contribution is 5.90. The van der Waals surface area contributed by atoms with E-state index in [2.05, 4.69) is 9.97 Å². The van der Waals surface area contributed by atoms with Gasteiger partial charge in [0.05, 0.1) is 0 Å². The molecular formula is C12H10N2O3. The van der Waals surface area contributed by atoms with Crippen molar-refractivity contribution in [3.05, 3.63) is 47.8 Å². The summed E-state index contributed by atoms with van der Waals surface area (Å²) >= 11 is 0. The van der Waals surface area contributed by atoms with Crippen LogP contribution in [0.2, 0.25) is 0 Å². The molecule has 1 N–H and O–H groups in total. The molecule has 0 aliphatic heterocycles. The van der Waals surface area contributed by atoms with E-state index in [1.807, 2.05) is 6.92 Å². The van der Waals surface area contributed by atoms with Gasteiger partial charge < -0.3 is 9.84 Å². The van der Waals surface area contributed by atoms with Gasteiger partial charge in [0.1, 0.15) is 11.3 Å². The molecule has 0 fully saturated rings. The number of nitrogens with zero attached hydrogens (tertiary/aromatic N) is 2. The summed E-state index contributed by atoms with van der Waals surface area (Å²) in [4.78, 5) is 18.8. The highest BCUT2D eigenvalue weighted by atomic mass is 16.5. The zero-order valence-electron chi connectivity index (χ0n) is 9.12. The van der Waals surface area contributed by atoms with Gasteiger partial charge in [-0.05, 0) is 24.6 Å². The van der Waals surface area contributed by atoms with Crippen molar-refractivity contribution in [2.75, 3.05) is 0 Å². The maximum atomic E-state index is 10.9. The summed E-state index contributed by atoms with van der Waals surface area (Å²) < 4.78 is 5.32. The third kappa shape index (κ3) is 2.57. The fraction of sp³-hybridized carbons (Fsp3) is 0.0833. The lowest BCUT2D eigenvalue weighted by Crippen LogP contribution is -2.01. The van der Waals surface area contributed by atoms with E-state index in [1.54, 1.807) is 30.6 Å². The Kier molecular flexibility index (Phi) is 3.00. The lowest BCUT2D eigenvalue weighted by molar-refractivity contribution is 0.0694. The molecule has 5 nitrogen and oxygen atoms in total. The van der Waals surface area contributed by atoms with Crippen molar-refractivity contribution in [2.24, 2.45) is 0 Å². The lowest BCUT2D eigenvalue weighted by atomic mass is 10.2. The average Bonchev–Trinajstić information content (AvgIpc) is 2.32. The first kappa shape index (κ1) is 11.1. The third-order valence-corrected chi connectivity index (χ3v) is 2.08. The third-order valence-electron chi connectivity index (χ3n) is 2.08. The van der Waals surface area contributed by atoms with E-state index in [-0.39, 0.29) is 17.3 Å². The van der Waals surface area contributed by atoms with Crippen LogP contribution in [0, 0.1) is 6.92 Å². The lowest BCUT2D eigenvalue weighted by Gasteiger charge is -2.06. The van der Waals surface area contributed by atoms with Crippen LogP contribution in [-0.2, 0) is 0 Å². The highest BCUT2D eigenvalue weighted by Crippen LogP contribution is 2.22. The predicted molar refractivity (Wildman–Crippen MR) is 60.2 cm³/mol. The molecule has 5 heteroatoms. The second kappa shape index (κ2) is 4.61. The molecule has 86 valence electrons. The van der Waals surface area contributed by atoms with Crippen molar-refractivity contribution in [2.45, 2.75) is 6.92 Å². The number of ether oxygens (including phenoxy) is 1. The number of aromatic carboxylic acids is 1. The molecular weight excluding hydrogens is 220 g/mol. The summed E-state index contributed by atoms with van der Waals surface area (Å²) in [5.41, 5.74) is 0.987. The number of hydrogen-bond donors (Lipinski definition) is 1. The van der Waals surface area contributed by atoms with Crippen molar-refractivity contribution in [3.8, 4) is 11.8 Å². The van der Waals surface area contributed by atoms with Crippen LogP contribution >= 0.6 is 0 Å². The fourth-order valence-corrected chi connectivity index (χ4v) is 1.26. The SMILES string of the molecule is Cc1cnc(Oc2ccccc2C(=O)O)nc1. The molecule has 0 bridgehead atoms. The molecule has 0 radical (unpaired) electrons. The molecule has 0 atom stereocenters. The Bertz CT molecular complexity index is 538. The van der Waals surface area contributed by atoms with Crippen molar-refractivity contribution in [1.29, 1.82) is 0 Å². The first-order valence-electron chi connectivity index (χ1n) is 4.95. The Morgan fingerprint density at radius 2 is 1.88 bits per heavy atom. The van der Waals surface area contributed by atoms with E-state index < -0.39 is 5.97 Å². The van der Waals surface area contributed by atoms with Crippen LogP contribution in [0.25, 0.3) is 0 Å². The van der Waals surface area contributed by atoms with Gasteiger partial charge >= 0.3 is 12.0 Å². The van der Waals surface area contributed by atoms with Gasteiger partial charge in [-0.3, -0.25) is 0 Å². The van der Waals surface area contributed by atoms with Crippen LogP contribution in [0.4, 0.5) is 0 Å². The highest BCUT2D eigenvalue weighted by Gasteiger charge is 2.11. The number of benzene rings is 1. The molecule has 0 amide bonds. The standard InChI is InChI=1S/C12H10N2O3/c1-8-6-13-12(14-7-8)17-10-5-3-2-4-9(10)11(15)16/h2-7H,1H3,(H,15,16). The van der Waals surface area contributed by atoms with Crippen molar-refractivity contribution >= 4 is 5.97 Å². The summed E-state index contributed by atoms with van der Waals surface area (Å²) in [5, 5.41) is 8.97. The summed E-state index contributed by atoms with van der Waals surface area (Å²) in [6.45, 7) is 1.86. The van der Waals surface area contributed by atoms with E-state index in [0.29, 0.717) is 0 Å². The van der Waals surface area contributed by atoms with Crippen LogP contribution < -0.4 is 4.74 Å². The second-order valence-corrected chi connectivity index (χ2v) is 3.45. The van der Waals surface area contributed by atoms with Gasteiger partial charge in [0, 0.05) is 12.4 Å². The Labute approximate surface area is 97.7 Å². The number of carboxylic acid groups (broad SMARTS) is 1. The van der Waals surface area contributed by atoms with Crippen molar-refractivity contribution in [3.63, 3.8) is 0 Å². The van der Waals surface area contributed by atoms with Gasteiger partial charge in [-0.25, -0.2) is 14.8 Å². The van der Waals surface area contributed by atoms with Gasteiger partial charge in [-0.2, -0.15) is 0 Å². The van der Waals surface area contributed by atoms with E-state index in [0.717, 1.165) is 5.56 Å². The molecule has 0 unspecified atom stereocenters. The smallest absolute Gasteiger partial charge is 0.339 e. The Morgan fingerprint density at radius 1 is 1.24 bits per heavy atom. The molecule has 1 aromatic carbocycles. The van der Waals surface area contributed by atoms with Crippen LogP contribution in [0.15, 0.2) is 36.7 Å². The number of aryl methyl sites for hydroxylation is 1. The zero-order chi connectivity index (χ0) is 12.3. The molecule has 0 aliphatic carbocycles. The first-order chi connectivity index (χ1) is 8.16. The van der Waals surface area contributed by atoms with E-state index in [1.165, 1.54) is 6.07 Å². The molecule has 17 heavy (non-hydrogen) atoms. The second-order valence-electron chi connectivity index (χ2n) is 3.45.